The van der Waals surface area contributed by atoms with E-state index in [1.165, 1.54) is 0 Å². The first-order valence-electron chi connectivity index (χ1n) is 4.78. The SMILES string of the molecule is [C-]#[N+]CC(=O)NCc1ccc2c(c1)OCO2. The van der Waals surface area contributed by atoms with Crippen LogP contribution in [0.5, 0.6) is 11.5 Å². The standard InChI is InChI=1S/C11H10N2O3/c1-12-6-11(14)13-5-8-2-3-9-10(4-8)16-7-15-9/h2-4H,5-7H2,(H,13,14). The van der Waals surface area contributed by atoms with Crippen LogP contribution in [0.25, 0.3) is 4.85 Å². The third-order valence-corrected chi connectivity index (χ3v) is 2.15. The van der Waals surface area contributed by atoms with E-state index in [9.17, 15) is 4.79 Å². The molecule has 82 valence electrons. The molecule has 0 aliphatic carbocycles. The van der Waals surface area contributed by atoms with Gasteiger partial charge in [-0.2, -0.15) is 0 Å². The third kappa shape index (κ3) is 2.23. The number of fused-ring (bicyclic) bond motifs is 1. The molecule has 1 aliphatic heterocycles. The molecule has 0 atom stereocenters. The normalized spacial score (nSPS) is 11.9. The molecule has 0 fully saturated rings. The van der Waals surface area contributed by atoms with Crippen molar-refractivity contribution < 1.29 is 14.3 Å². The maximum absolute atomic E-state index is 11.1. The number of ether oxygens (including phenoxy) is 2. The monoisotopic (exact) mass is 218 g/mol. The third-order valence-electron chi connectivity index (χ3n) is 2.15. The molecule has 1 aliphatic rings. The zero-order valence-electron chi connectivity index (χ0n) is 8.53. The van der Waals surface area contributed by atoms with E-state index in [1.807, 2.05) is 12.1 Å². The number of carbonyl (C=O) groups excluding carboxylic acids is 1. The molecule has 1 aromatic carbocycles. The Morgan fingerprint density at radius 3 is 3.06 bits per heavy atom. The highest BCUT2D eigenvalue weighted by Gasteiger charge is 2.13. The molecule has 16 heavy (non-hydrogen) atoms. The van der Waals surface area contributed by atoms with Crippen molar-refractivity contribution in [3.63, 3.8) is 0 Å². The maximum atomic E-state index is 11.1. The molecule has 0 spiro atoms. The second-order valence-corrected chi connectivity index (χ2v) is 3.28. The van der Waals surface area contributed by atoms with Gasteiger partial charge in [0, 0.05) is 6.54 Å². The first-order valence-corrected chi connectivity index (χ1v) is 4.78. The van der Waals surface area contributed by atoms with Crippen molar-refractivity contribution in [2.75, 3.05) is 13.3 Å². The molecule has 1 heterocycles. The highest BCUT2D eigenvalue weighted by Crippen LogP contribution is 2.32. The molecule has 0 unspecified atom stereocenters. The minimum atomic E-state index is -0.271. The Labute approximate surface area is 92.8 Å². The van der Waals surface area contributed by atoms with E-state index in [0.717, 1.165) is 11.3 Å². The lowest BCUT2D eigenvalue weighted by molar-refractivity contribution is -0.119. The summed E-state index contributed by atoms with van der Waals surface area (Å²) in [6.07, 6.45) is 0. The van der Waals surface area contributed by atoms with Crippen molar-refractivity contribution in [2.24, 2.45) is 0 Å². The number of nitrogens with zero attached hydrogens (tertiary/aromatic N) is 1. The van der Waals surface area contributed by atoms with Gasteiger partial charge in [0.15, 0.2) is 11.5 Å². The number of rotatable bonds is 3. The lowest BCUT2D eigenvalue weighted by Gasteiger charge is -2.03. The Morgan fingerprint density at radius 1 is 1.44 bits per heavy atom. The fourth-order valence-corrected chi connectivity index (χ4v) is 1.38. The molecule has 1 aromatic rings. The lowest BCUT2D eigenvalue weighted by atomic mass is 10.2. The zero-order valence-corrected chi connectivity index (χ0v) is 8.53. The van der Waals surface area contributed by atoms with E-state index in [2.05, 4.69) is 10.2 Å². The van der Waals surface area contributed by atoms with E-state index in [1.54, 1.807) is 6.07 Å². The van der Waals surface area contributed by atoms with Crippen LogP contribution in [0.1, 0.15) is 5.56 Å². The second-order valence-electron chi connectivity index (χ2n) is 3.28. The Kier molecular flexibility index (Phi) is 2.92. The molecule has 0 radical (unpaired) electrons. The Bertz CT molecular complexity index is 451. The molecule has 0 saturated carbocycles. The highest BCUT2D eigenvalue weighted by molar-refractivity contribution is 5.79. The van der Waals surface area contributed by atoms with Crippen LogP contribution in [-0.4, -0.2) is 19.2 Å². The van der Waals surface area contributed by atoms with Crippen molar-refractivity contribution in [1.29, 1.82) is 0 Å². The van der Waals surface area contributed by atoms with Crippen molar-refractivity contribution in [1.82, 2.24) is 5.32 Å². The molecular weight excluding hydrogens is 208 g/mol. The average Bonchev–Trinajstić information content (AvgIpc) is 2.74. The van der Waals surface area contributed by atoms with Crippen LogP contribution in [0.2, 0.25) is 0 Å². The van der Waals surface area contributed by atoms with Gasteiger partial charge in [-0.1, -0.05) is 6.07 Å². The van der Waals surface area contributed by atoms with Crippen LogP contribution in [-0.2, 0) is 11.3 Å². The lowest BCUT2D eigenvalue weighted by Crippen LogP contribution is -2.24. The largest absolute Gasteiger partial charge is 0.454 e. The minimum absolute atomic E-state index is 0.134. The number of hydrogen-bond acceptors (Lipinski definition) is 3. The molecular formula is C11H10N2O3. The van der Waals surface area contributed by atoms with Gasteiger partial charge in [0.05, 0.1) is 0 Å². The van der Waals surface area contributed by atoms with Crippen molar-refractivity contribution in [3.05, 3.63) is 35.2 Å². The molecule has 5 nitrogen and oxygen atoms in total. The van der Waals surface area contributed by atoms with Crippen LogP contribution < -0.4 is 14.8 Å². The Hall–Kier alpha value is -2.22. The molecule has 0 aromatic heterocycles. The summed E-state index contributed by atoms with van der Waals surface area (Å²) in [7, 11) is 0. The summed E-state index contributed by atoms with van der Waals surface area (Å²) >= 11 is 0. The van der Waals surface area contributed by atoms with Crippen LogP contribution >= 0.6 is 0 Å². The van der Waals surface area contributed by atoms with Crippen molar-refractivity contribution in [3.8, 4) is 11.5 Å². The van der Waals surface area contributed by atoms with Gasteiger partial charge in [0.25, 0.3) is 12.5 Å². The van der Waals surface area contributed by atoms with E-state index >= 15 is 0 Å². The molecule has 2 rings (SSSR count). The maximum Gasteiger partial charge on any atom is 0.300 e. The summed E-state index contributed by atoms with van der Waals surface area (Å²) in [4.78, 5) is 14.1. The second kappa shape index (κ2) is 4.53. The molecule has 1 amide bonds. The minimum Gasteiger partial charge on any atom is -0.454 e. The molecule has 5 heteroatoms. The van der Waals surface area contributed by atoms with Gasteiger partial charge < -0.3 is 19.6 Å². The fourth-order valence-electron chi connectivity index (χ4n) is 1.38. The van der Waals surface area contributed by atoms with Crippen molar-refractivity contribution >= 4 is 5.91 Å². The first kappa shape index (κ1) is 10.3. The quantitative estimate of drug-likeness (QED) is 0.768. The summed E-state index contributed by atoms with van der Waals surface area (Å²) < 4.78 is 10.4. The van der Waals surface area contributed by atoms with Gasteiger partial charge in [-0.15, -0.1) is 0 Å². The predicted molar refractivity (Wildman–Crippen MR) is 55.9 cm³/mol. The number of hydrogen-bond donors (Lipinski definition) is 1. The molecule has 0 saturated heterocycles. The van der Waals surface area contributed by atoms with E-state index in [-0.39, 0.29) is 19.2 Å². The predicted octanol–water partition coefficient (Wildman–Crippen LogP) is 0.951. The van der Waals surface area contributed by atoms with E-state index < -0.39 is 0 Å². The zero-order chi connectivity index (χ0) is 11.4. The first-order chi connectivity index (χ1) is 7.79. The highest BCUT2D eigenvalue weighted by atomic mass is 16.7. The number of nitrogens with one attached hydrogen (secondary N) is 1. The van der Waals surface area contributed by atoms with Gasteiger partial charge in [-0.25, -0.2) is 6.57 Å². The number of benzene rings is 1. The van der Waals surface area contributed by atoms with Gasteiger partial charge >= 0.3 is 0 Å². The van der Waals surface area contributed by atoms with Crippen LogP contribution in [0, 0.1) is 6.57 Å². The smallest absolute Gasteiger partial charge is 0.300 e. The van der Waals surface area contributed by atoms with Crippen LogP contribution in [0.15, 0.2) is 18.2 Å². The number of amides is 1. The topological polar surface area (TPSA) is 51.9 Å². The molecule has 0 bridgehead atoms. The van der Waals surface area contributed by atoms with E-state index in [0.29, 0.717) is 12.3 Å². The molecule has 1 N–H and O–H groups in total. The summed E-state index contributed by atoms with van der Waals surface area (Å²) in [6.45, 7) is 7.04. The fraction of sp³-hybridized carbons (Fsp3) is 0.273. The van der Waals surface area contributed by atoms with Gasteiger partial charge in [0.2, 0.25) is 6.79 Å². The van der Waals surface area contributed by atoms with Gasteiger partial charge in [0.1, 0.15) is 0 Å². The summed E-state index contributed by atoms with van der Waals surface area (Å²) in [5, 5.41) is 2.64. The van der Waals surface area contributed by atoms with Crippen molar-refractivity contribution in [2.45, 2.75) is 6.54 Å². The summed E-state index contributed by atoms with van der Waals surface area (Å²) in [6, 6.07) is 5.48. The Balaban J connectivity index is 1.96. The van der Waals surface area contributed by atoms with Gasteiger partial charge in [-0.3, -0.25) is 4.79 Å². The summed E-state index contributed by atoms with van der Waals surface area (Å²) in [5.41, 5.74) is 0.919. The number of carbonyl (C=O) groups is 1. The Morgan fingerprint density at radius 2 is 2.25 bits per heavy atom. The van der Waals surface area contributed by atoms with Gasteiger partial charge in [-0.05, 0) is 17.7 Å². The van der Waals surface area contributed by atoms with E-state index in [4.69, 9.17) is 16.0 Å². The van der Waals surface area contributed by atoms with Crippen LogP contribution in [0.4, 0.5) is 0 Å². The summed E-state index contributed by atoms with van der Waals surface area (Å²) in [5.74, 6) is 1.14. The average molecular weight is 218 g/mol. The van der Waals surface area contributed by atoms with Crippen LogP contribution in [0.3, 0.4) is 0 Å².